The summed E-state index contributed by atoms with van der Waals surface area (Å²) in [6, 6.07) is 8.16. The second-order valence-electron chi connectivity index (χ2n) is 3.40. The summed E-state index contributed by atoms with van der Waals surface area (Å²) in [5, 5.41) is 13.1. The Kier molecular flexibility index (Phi) is 3.63. The third kappa shape index (κ3) is 2.89. The van der Waals surface area contributed by atoms with Crippen molar-refractivity contribution in [1.82, 2.24) is 10.3 Å². The summed E-state index contributed by atoms with van der Waals surface area (Å²) in [6.45, 7) is 0.297. The number of thiophene rings is 1. The Balaban J connectivity index is 1.97. The second kappa shape index (κ2) is 5.37. The third-order valence-corrected chi connectivity index (χ3v) is 3.19. The standard InChI is InChI=1S/C11H9N3O3S/c15-11(9-4-5-10(18-9)14(16)17)13-7-8-3-1-2-6-12-8/h1-6H,7H2,(H,13,15). The van der Waals surface area contributed by atoms with Crippen LogP contribution in [0.15, 0.2) is 36.5 Å². The first kappa shape index (κ1) is 12.2. The zero-order valence-corrected chi connectivity index (χ0v) is 10.0. The van der Waals surface area contributed by atoms with Crippen molar-refractivity contribution in [3.05, 3.63) is 57.2 Å². The van der Waals surface area contributed by atoms with Crippen LogP contribution in [0.25, 0.3) is 0 Å². The van der Waals surface area contributed by atoms with Crippen LogP contribution in [-0.4, -0.2) is 15.8 Å². The number of pyridine rings is 1. The van der Waals surface area contributed by atoms with Gasteiger partial charge in [-0.1, -0.05) is 17.4 Å². The molecule has 1 N–H and O–H groups in total. The van der Waals surface area contributed by atoms with Crippen LogP contribution in [-0.2, 0) is 6.54 Å². The molecule has 2 rings (SSSR count). The molecule has 6 nitrogen and oxygen atoms in total. The molecule has 1 amide bonds. The monoisotopic (exact) mass is 263 g/mol. The fourth-order valence-electron chi connectivity index (χ4n) is 1.31. The molecule has 0 bridgehead atoms. The Labute approximate surface area is 106 Å². The van der Waals surface area contributed by atoms with Crippen molar-refractivity contribution < 1.29 is 9.72 Å². The fraction of sp³-hybridized carbons (Fsp3) is 0.0909. The zero-order chi connectivity index (χ0) is 13.0. The lowest BCUT2D eigenvalue weighted by Gasteiger charge is -2.01. The van der Waals surface area contributed by atoms with Crippen LogP contribution >= 0.6 is 11.3 Å². The van der Waals surface area contributed by atoms with E-state index in [0.717, 1.165) is 17.0 Å². The van der Waals surface area contributed by atoms with Gasteiger partial charge in [-0.25, -0.2) is 0 Å². The molecule has 2 aromatic rings. The summed E-state index contributed by atoms with van der Waals surface area (Å²) in [5.41, 5.74) is 0.733. The highest BCUT2D eigenvalue weighted by atomic mass is 32.1. The van der Waals surface area contributed by atoms with Crippen LogP contribution in [0.1, 0.15) is 15.4 Å². The summed E-state index contributed by atoms with van der Waals surface area (Å²) in [4.78, 5) is 26.1. The Hall–Kier alpha value is -2.28. The van der Waals surface area contributed by atoms with Gasteiger partial charge in [0.1, 0.15) is 0 Å². The molecule has 0 aliphatic rings. The van der Waals surface area contributed by atoms with Gasteiger partial charge in [0.05, 0.1) is 22.0 Å². The van der Waals surface area contributed by atoms with Gasteiger partial charge in [0.2, 0.25) is 0 Å². The maximum atomic E-state index is 11.7. The number of nitrogens with zero attached hydrogens (tertiary/aromatic N) is 2. The van der Waals surface area contributed by atoms with Crippen LogP contribution in [0.5, 0.6) is 0 Å². The average molecular weight is 263 g/mol. The predicted molar refractivity (Wildman–Crippen MR) is 66.4 cm³/mol. The molecule has 0 atom stereocenters. The lowest BCUT2D eigenvalue weighted by Crippen LogP contribution is -2.22. The van der Waals surface area contributed by atoms with E-state index in [4.69, 9.17) is 0 Å². The Morgan fingerprint density at radius 3 is 2.83 bits per heavy atom. The van der Waals surface area contributed by atoms with E-state index in [-0.39, 0.29) is 10.9 Å². The van der Waals surface area contributed by atoms with Crippen molar-refractivity contribution in [1.29, 1.82) is 0 Å². The number of hydrogen-bond acceptors (Lipinski definition) is 5. The summed E-state index contributed by atoms with van der Waals surface area (Å²) in [6.07, 6.45) is 1.64. The van der Waals surface area contributed by atoms with Gasteiger partial charge < -0.3 is 5.32 Å². The van der Waals surface area contributed by atoms with Crippen LogP contribution in [0.4, 0.5) is 5.00 Å². The molecule has 0 aliphatic carbocycles. The van der Waals surface area contributed by atoms with Gasteiger partial charge in [-0.2, -0.15) is 0 Å². The number of nitro groups is 1. The van der Waals surface area contributed by atoms with Crippen molar-refractivity contribution in [2.75, 3.05) is 0 Å². The van der Waals surface area contributed by atoms with E-state index in [9.17, 15) is 14.9 Å². The fourth-order valence-corrected chi connectivity index (χ4v) is 2.05. The minimum absolute atomic E-state index is 0.0435. The number of nitrogens with one attached hydrogen (secondary N) is 1. The lowest BCUT2D eigenvalue weighted by atomic mass is 10.3. The number of rotatable bonds is 4. The number of carbonyl (C=O) groups excluding carboxylic acids is 1. The minimum Gasteiger partial charge on any atom is -0.346 e. The molecule has 0 unspecified atom stereocenters. The van der Waals surface area contributed by atoms with E-state index in [1.807, 2.05) is 6.07 Å². The van der Waals surface area contributed by atoms with Gasteiger partial charge in [0, 0.05) is 12.3 Å². The first-order valence-corrected chi connectivity index (χ1v) is 5.91. The first-order chi connectivity index (χ1) is 8.66. The Morgan fingerprint density at radius 2 is 2.22 bits per heavy atom. The van der Waals surface area contributed by atoms with Gasteiger partial charge >= 0.3 is 5.00 Å². The summed E-state index contributed by atoms with van der Waals surface area (Å²) >= 11 is 0.853. The minimum atomic E-state index is -0.514. The van der Waals surface area contributed by atoms with Crippen molar-refractivity contribution in [3.8, 4) is 0 Å². The van der Waals surface area contributed by atoms with Crippen LogP contribution < -0.4 is 5.32 Å². The van der Waals surface area contributed by atoms with E-state index < -0.39 is 4.92 Å². The highest BCUT2D eigenvalue weighted by Gasteiger charge is 2.14. The van der Waals surface area contributed by atoms with Crippen molar-refractivity contribution in [3.63, 3.8) is 0 Å². The topological polar surface area (TPSA) is 85.1 Å². The largest absolute Gasteiger partial charge is 0.346 e. The Morgan fingerprint density at radius 1 is 1.39 bits per heavy atom. The van der Waals surface area contributed by atoms with Gasteiger partial charge in [-0.05, 0) is 18.2 Å². The van der Waals surface area contributed by atoms with Gasteiger partial charge in [-0.15, -0.1) is 0 Å². The zero-order valence-electron chi connectivity index (χ0n) is 9.20. The smallest absolute Gasteiger partial charge is 0.324 e. The molecule has 0 aromatic carbocycles. The van der Waals surface area contributed by atoms with Crippen molar-refractivity contribution in [2.24, 2.45) is 0 Å². The maximum absolute atomic E-state index is 11.7. The number of carbonyl (C=O) groups is 1. The molecule has 0 fully saturated rings. The molecule has 0 spiro atoms. The lowest BCUT2D eigenvalue weighted by molar-refractivity contribution is -0.380. The SMILES string of the molecule is O=C(NCc1ccccn1)c1ccc([N+](=O)[O-])s1. The van der Waals surface area contributed by atoms with Crippen LogP contribution in [0, 0.1) is 10.1 Å². The average Bonchev–Trinajstić information content (AvgIpc) is 2.87. The number of aromatic nitrogens is 1. The van der Waals surface area contributed by atoms with E-state index in [1.54, 1.807) is 18.3 Å². The molecular formula is C11H9N3O3S. The van der Waals surface area contributed by atoms with E-state index in [1.165, 1.54) is 12.1 Å². The molecule has 7 heteroatoms. The van der Waals surface area contributed by atoms with Crippen molar-refractivity contribution >= 4 is 22.2 Å². The predicted octanol–water partition coefficient (Wildman–Crippen LogP) is 1.98. The van der Waals surface area contributed by atoms with E-state index in [0.29, 0.717) is 11.4 Å². The second-order valence-corrected chi connectivity index (χ2v) is 4.46. The molecule has 18 heavy (non-hydrogen) atoms. The first-order valence-electron chi connectivity index (χ1n) is 5.09. The maximum Gasteiger partial charge on any atom is 0.324 e. The molecule has 92 valence electrons. The molecule has 0 saturated carbocycles. The number of hydrogen-bond donors (Lipinski definition) is 1. The van der Waals surface area contributed by atoms with E-state index in [2.05, 4.69) is 10.3 Å². The van der Waals surface area contributed by atoms with Crippen LogP contribution in [0.2, 0.25) is 0 Å². The van der Waals surface area contributed by atoms with Gasteiger partial charge in [0.25, 0.3) is 5.91 Å². The van der Waals surface area contributed by atoms with E-state index >= 15 is 0 Å². The Bertz CT molecular complexity index is 568. The molecule has 0 aliphatic heterocycles. The quantitative estimate of drug-likeness (QED) is 0.675. The van der Waals surface area contributed by atoms with Crippen LogP contribution in [0.3, 0.4) is 0 Å². The normalized spacial score (nSPS) is 10.0. The highest BCUT2D eigenvalue weighted by molar-refractivity contribution is 7.17. The van der Waals surface area contributed by atoms with Gasteiger partial charge in [0.15, 0.2) is 0 Å². The highest BCUT2D eigenvalue weighted by Crippen LogP contribution is 2.23. The summed E-state index contributed by atoms with van der Waals surface area (Å²) < 4.78 is 0. The summed E-state index contributed by atoms with van der Waals surface area (Å²) in [7, 11) is 0. The molecule has 2 aromatic heterocycles. The van der Waals surface area contributed by atoms with Crippen molar-refractivity contribution in [2.45, 2.75) is 6.54 Å². The molecule has 0 saturated heterocycles. The third-order valence-electron chi connectivity index (χ3n) is 2.15. The molecular weight excluding hydrogens is 254 g/mol. The molecule has 2 heterocycles. The van der Waals surface area contributed by atoms with Gasteiger partial charge in [-0.3, -0.25) is 19.9 Å². The number of amides is 1. The summed E-state index contributed by atoms with van der Waals surface area (Å²) in [5.74, 6) is -0.334. The molecule has 0 radical (unpaired) electrons.